The Morgan fingerprint density at radius 3 is 2.29 bits per heavy atom. The molecule has 4 heteroatoms. The number of nitrogens with one attached hydrogen (secondary N) is 1. The van der Waals surface area contributed by atoms with Crippen LogP contribution in [0.3, 0.4) is 0 Å². The molecule has 2 aliphatic carbocycles. The minimum Gasteiger partial charge on any atom is -0.354 e. The van der Waals surface area contributed by atoms with E-state index >= 15 is 0 Å². The molecule has 0 bridgehead atoms. The minimum absolute atomic E-state index is 0.208. The van der Waals surface area contributed by atoms with Gasteiger partial charge in [0.25, 0.3) is 0 Å². The number of halogens is 1. The van der Waals surface area contributed by atoms with Crippen LogP contribution < -0.4 is 5.32 Å². The van der Waals surface area contributed by atoms with E-state index in [0.717, 1.165) is 62.4 Å². The fourth-order valence-corrected chi connectivity index (χ4v) is 6.78. The maximum atomic E-state index is 13.5. The number of nitrogens with zero attached hydrogens (tertiary/aromatic N) is 1. The number of allylic oxidation sites excluding steroid dienone is 4. The highest BCUT2D eigenvalue weighted by Gasteiger charge is 2.42. The molecule has 1 aromatic rings. The second-order valence-electron chi connectivity index (χ2n) is 10.4. The van der Waals surface area contributed by atoms with Crippen LogP contribution in [-0.4, -0.2) is 37.0 Å². The van der Waals surface area contributed by atoms with Gasteiger partial charge in [0.15, 0.2) is 0 Å². The highest BCUT2D eigenvalue weighted by molar-refractivity contribution is 6.30. The van der Waals surface area contributed by atoms with Gasteiger partial charge < -0.3 is 10.2 Å². The summed E-state index contributed by atoms with van der Waals surface area (Å²) < 4.78 is 0. The second-order valence-corrected chi connectivity index (χ2v) is 10.8. The zero-order chi connectivity index (χ0) is 25.3. The zero-order valence-electron chi connectivity index (χ0n) is 22.6. The molecule has 1 saturated heterocycles. The Kier molecular flexibility index (Phi) is 10.5. The van der Waals surface area contributed by atoms with E-state index in [2.05, 4.69) is 48.3 Å². The van der Waals surface area contributed by atoms with Crippen LogP contribution in [0, 0.1) is 5.41 Å². The van der Waals surface area contributed by atoms with Crippen molar-refractivity contribution in [1.29, 1.82) is 0 Å². The number of amides is 1. The van der Waals surface area contributed by atoms with Crippen LogP contribution in [0.15, 0.2) is 47.6 Å². The maximum Gasteiger partial charge on any atom is 0.230 e. The number of likely N-dealkylation sites (tertiary alicyclic amines) is 1. The van der Waals surface area contributed by atoms with Gasteiger partial charge in [-0.1, -0.05) is 81.5 Å². The largest absolute Gasteiger partial charge is 0.354 e. The summed E-state index contributed by atoms with van der Waals surface area (Å²) in [4.78, 5) is 16.0. The molecule has 3 nitrogen and oxygen atoms in total. The Morgan fingerprint density at radius 1 is 1.03 bits per heavy atom. The van der Waals surface area contributed by atoms with E-state index in [-0.39, 0.29) is 11.3 Å². The first-order valence-corrected chi connectivity index (χ1v) is 14.5. The predicted molar refractivity (Wildman–Crippen MR) is 150 cm³/mol. The Morgan fingerprint density at radius 2 is 1.69 bits per heavy atom. The molecule has 3 aliphatic rings. The number of hydrogen-bond donors (Lipinski definition) is 1. The molecule has 2 fully saturated rings. The molecule has 35 heavy (non-hydrogen) atoms. The molecule has 1 saturated carbocycles. The van der Waals surface area contributed by atoms with Gasteiger partial charge in [-0.3, -0.25) is 4.79 Å². The molecule has 0 radical (unpaired) electrons. The third kappa shape index (κ3) is 6.23. The van der Waals surface area contributed by atoms with Crippen molar-refractivity contribution >= 4 is 17.5 Å². The quantitative estimate of drug-likeness (QED) is 0.415. The van der Waals surface area contributed by atoms with Crippen molar-refractivity contribution in [3.63, 3.8) is 0 Å². The van der Waals surface area contributed by atoms with E-state index in [1.165, 1.54) is 38.5 Å². The molecule has 0 atom stereocenters. The lowest BCUT2D eigenvalue weighted by Crippen LogP contribution is -2.48. The van der Waals surface area contributed by atoms with Crippen molar-refractivity contribution < 1.29 is 4.79 Å². The first-order valence-electron chi connectivity index (χ1n) is 14.1. The fraction of sp³-hybridized carbons (Fsp3) is 0.645. The van der Waals surface area contributed by atoms with Gasteiger partial charge >= 0.3 is 0 Å². The fourth-order valence-electron chi connectivity index (χ4n) is 6.65. The number of carbonyl (C=O) groups excluding carboxylic acids is 1. The van der Waals surface area contributed by atoms with E-state index in [0.29, 0.717) is 5.41 Å². The van der Waals surface area contributed by atoms with Crippen LogP contribution in [0.2, 0.25) is 5.02 Å². The normalized spacial score (nSPS) is 21.7. The Bertz CT molecular complexity index is 872. The number of rotatable bonds is 7. The van der Waals surface area contributed by atoms with Crippen LogP contribution in [0.25, 0.3) is 0 Å². The molecular formula is C31H47ClN2O. The smallest absolute Gasteiger partial charge is 0.230 e. The number of piperidine rings is 1. The van der Waals surface area contributed by atoms with Gasteiger partial charge in [-0.25, -0.2) is 0 Å². The van der Waals surface area contributed by atoms with Crippen molar-refractivity contribution in [2.75, 3.05) is 26.2 Å². The summed E-state index contributed by atoms with van der Waals surface area (Å²) >= 11 is 6.12. The van der Waals surface area contributed by atoms with E-state index in [1.54, 1.807) is 11.1 Å². The van der Waals surface area contributed by atoms with Gasteiger partial charge in [0.1, 0.15) is 0 Å². The molecule has 1 aromatic carbocycles. The predicted octanol–water partition coefficient (Wildman–Crippen LogP) is 7.84. The first kappa shape index (κ1) is 28.0. The van der Waals surface area contributed by atoms with Gasteiger partial charge in [0, 0.05) is 18.1 Å². The molecule has 0 unspecified atom stereocenters. The lowest BCUT2D eigenvalue weighted by molar-refractivity contribution is -0.128. The number of carbonyl (C=O) groups is 1. The van der Waals surface area contributed by atoms with Crippen molar-refractivity contribution in [2.45, 2.75) is 97.3 Å². The minimum atomic E-state index is -0.388. The monoisotopic (exact) mass is 498 g/mol. The SMILES string of the molecule is C/C=C\C1=C(CC)CCC12CCN(CCNC(=O)C1(c3ccc(Cl)cc3)CCCCC1)CC2.CC. The topological polar surface area (TPSA) is 32.3 Å². The molecule has 0 aromatic heterocycles. The summed E-state index contributed by atoms with van der Waals surface area (Å²) in [7, 11) is 0. The Balaban J connectivity index is 0.00000167. The van der Waals surface area contributed by atoms with Crippen LogP contribution in [0.5, 0.6) is 0 Å². The summed E-state index contributed by atoms with van der Waals surface area (Å²) in [6.07, 6.45) is 16.2. The van der Waals surface area contributed by atoms with Crippen molar-refractivity contribution in [1.82, 2.24) is 10.2 Å². The standard InChI is InChI=1S/C29H41ClN2O.C2H6/c1-3-8-26-23(4-2)13-16-28(26)17-20-32(21-18-28)22-19-31-27(33)29(14-6-5-7-15-29)24-9-11-25(30)12-10-24;1-2/h3,8-12H,4-7,13-22H2,1-2H3,(H,31,33);1-2H3/b8-3-;. The summed E-state index contributed by atoms with van der Waals surface area (Å²) in [5.41, 5.74) is 4.46. The third-order valence-corrected chi connectivity index (χ3v) is 8.93. The summed E-state index contributed by atoms with van der Waals surface area (Å²) in [5.74, 6) is 0.208. The van der Waals surface area contributed by atoms with E-state index in [1.807, 2.05) is 26.0 Å². The van der Waals surface area contributed by atoms with E-state index in [9.17, 15) is 4.79 Å². The Hall–Kier alpha value is -1.58. The maximum absolute atomic E-state index is 13.5. The lowest BCUT2D eigenvalue weighted by Gasteiger charge is -2.41. The van der Waals surface area contributed by atoms with Crippen LogP contribution in [0.1, 0.15) is 97.5 Å². The van der Waals surface area contributed by atoms with Gasteiger partial charge in [-0.05, 0) is 93.6 Å². The van der Waals surface area contributed by atoms with Gasteiger partial charge in [0.2, 0.25) is 5.91 Å². The second kappa shape index (κ2) is 13.1. The zero-order valence-corrected chi connectivity index (χ0v) is 23.4. The molecule has 1 spiro atoms. The molecule has 4 rings (SSSR count). The molecule has 1 aliphatic heterocycles. The van der Waals surface area contributed by atoms with Crippen LogP contribution >= 0.6 is 11.6 Å². The summed E-state index contributed by atoms with van der Waals surface area (Å²) in [6, 6.07) is 7.96. The third-order valence-electron chi connectivity index (χ3n) is 8.68. The summed E-state index contributed by atoms with van der Waals surface area (Å²) in [6.45, 7) is 12.4. The summed E-state index contributed by atoms with van der Waals surface area (Å²) in [5, 5.41) is 4.06. The number of benzene rings is 1. The number of hydrogen-bond acceptors (Lipinski definition) is 2. The molecule has 1 amide bonds. The van der Waals surface area contributed by atoms with Gasteiger partial charge in [0.05, 0.1) is 5.41 Å². The molecule has 194 valence electrons. The average Bonchev–Trinajstić information content (AvgIpc) is 3.24. The average molecular weight is 499 g/mol. The van der Waals surface area contributed by atoms with Crippen LogP contribution in [0.4, 0.5) is 0 Å². The van der Waals surface area contributed by atoms with Crippen molar-refractivity contribution in [3.8, 4) is 0 Å². The highest BCUT2D eigenvalue weighted by Crippen LogP contribution is 2.51. The van der Waals surface area contributed by atoms with Crippen molar-refractivity contribution in [3.05, 3.63) is 58.1 Å². The molecule has 1 N–H and O–H groups in total. The van der Waals surface area contributed by atoms with E-state index < -0.39 is 0 Å². The van der Waals surface area contributed by atoms with Gasteiger partial charge in [-0.15, -0.1) is 0 Å². The lowest BCUT2D eigenvalue weighted by atomic mass is 9.68. The van der Waals surface area contributed by atoms with Crippen molar-refractivity contribution in [2.24, 2.45) is 5.41 Å². The molecule has 1 heterocycles. The highest BCUT2D eigenvalue weighted by atomic mass is 35.5. The first-order chi connectivity index (χ1) is 17.0. The van der Waals surface area contributed by atoms with Crippen LogP contribution in [-0.2, 0) is 10.2 Å². The Labute approximate surface area is 219 Å². The molecular weight excluding hydrogens is 452 g/mol. The van der Waals surface area contributed by atoms with E-state index in [4.69, 9.17) is 11.6 Å². The van der Waals surface area contributed by atoms with Gasteiger partial charge in [-0.2, -0.15) is 0 Å².